The average molecular weight is 315 g/mol. The molecule has 2 aromatic rings. The number of aromatic nitrogens is 2. The Balaban J connectivity index is 1.59. The van der Waals surface area contributed by atoms with E-state index < -0.39 is 0 Å². The maximum Gasteiger partial charge on any atom is 0.225 e. The summed E-state index contributed by atoms with van der Waals surface area (Å²) in [6.45, 7) is 5.35. The zero-order valence-corrected chi connectivity index (χ0v) is 13.9. The minimum absolute atomic E-state index is 0.000871. The van der Waals surface area contributed by atoms with Gasteiger partial charge in [0.25, 0.3) is 0 Å². The highest BCUT2D eigenvalue weighted by Crippen LogP contribution is 2.13. The first-order valence-electron chi connectivity index (χ1n) is 8.12. The second-order valence-electron chi connectivity index (χ2n) is 5.75. The van der Waals surface area contributed by atoms with Crippen LogP contribution in [0.4, 0.5) is 5.82 Å². The molecule has 5 nitrogen and oxygen atoms in total. The molecule has 1 heterocycles. The van der Waals surface area contributed by atoms with Crippen molar-refractivity contribution in [3.63, 3.8) is 0 Å². The van der Waals surface area contributed by atoms with Crippen molar-refractivity contribution >= 4 is 11.7 Å². The van der Waals surface area contributed by atoms with Gasteiger partial charge >= 0.3 is 0 Å². The Morgan fingerprint density at radius 1 is 1.22 bits per heavy atom. The molecule has 1 N–H and O–H groups in total. The Kier molecular flexibility index (Phi) is 6.81. The Morgan fingerprint density at radius 3 is 2.74 bits per heavy atom. The molecule has 0 atom stereocenters. The van der Waals surface area contributed by atoms with Crippen LogP contribution in [0.5, 0.6) is 0 Å². The molecule has 0 aliphatic heterocycles. The number of ether oxygens (including phenoxy) is 1. The van der Waals surface area contributed by atoms with Crippen LogP contribution in [0.25, 0.3) is 0 Å². The molecule has 0 radical (unpaired) electrons. The summed E-state index contributed by atoms with van der Waals surface area (Å²) in [5.74, 6) is 0.744. The number of benzene rings is 1. The summed E-state index contributed by atoms with van der Waals surface area (Å²) in [6, 6.07) is 12.3. The molecule has 0 fully saturated rings. The lowest BCUT2D eigenvalue weighted by atomic mass is 10.2. The van der Waals surface area contributed by atoms with Crippen LogP contribution in [0.1, 0.15) is 38.3 Å². The molecule has 0 aliphatic carbocycles. The lowest BCUT2D eigenvalue weighted by molar-refractivity contribution is -0.116. The SMILES string of the molecule is CC(C)n1nccc1NC(=O)CCCOCCc1ccccc1. The van der Waals surface area contributed by atoms with E-state index >= 15 is 0 Å². The molecular weight excluding hydrogens is 290 g/mol. The van der Waals surface area contributed by atoms with E-state index in [0.717, 1.165) is 18.7 Å². The van der Waals surface area contributed by atoms with Crippen molar-refractivity contribution in [2.75, 3.05) is 18.5 Å². The van der Waals surface area contributed by atoms with Gasteiger partial charge in [-0.15, -0.1) is 0 Å². The minimum atomic E-state index is -0.000871. The molecule has 1 aromatic carbocycles. The third-order valence-electron chi connectivity index (χ3n) is 3.50. The van der Waals surface area contributed by atoms with Crippen molar-refractivity contribution in [3.8, 4) is 0 Å². The fraction of sp³-hybridized carbons (Fsp3) is 0.444. The van der Waals surface area contributed by atoms with Crippen LogP contribution >= 0.6 is 0 Å². The van der Waals surface area contributed by atoms with Gasteiger partial charge in [0.1, 0.15) is 5.82 Å². The zero-order chi connectivity index (χ0) is 16.5. The van der Waals surface area contributed by atoms with Crippen LogP contribution in [0.3, 0.4) is 0 Å². The highest BCUT2D eigenvalue weighted by Gasteiger charge is 2.09. The topological polar surface area (TPSA) is 56.2 Å². The van der Waals surface area contributed by atoms with Crippen LogP contribution in [-0.2, 0) is 16.0 Å². The number of carbonyl (C=O) groups excluding carboxylic acids is 1. The van der Waals surface area contributed by atoms with Gasteiger partial charge in [0.15, 0.2) is 0 Å². The molecular formula is C18H25N3O2. The lowest BCUT2D eigenvalue weighted by Crippen LogP contribution is -2.17. The van der Waals surface area contributed by atoms with Crippen LogP contribution in [0.2, 0.25) is 0 Å². The van der Waals surface area contributed by atoms with Gasteiger partial charge in [-0.05, 0) is 32.3 Å². The van der Waals surface area contributed by atoms with Crippen molar-refractivity contribution in [1.82, 2.24) is 9.78 Å². The molecule has 0 bridgehead atoms. The Morgan fingerprint density at radius 2 is 2.00 bits per heavy atom. The van der Waals surface area contributed by atoms with Crippen LogP contribution < -0.4 is 5.32 Å². The number of hydrogen-bond acceptors (Lipinski definition) is 3. The first-order chi connectivity index (χ1) is 11.2. The molecule has 2 rings (SSSR count). The van der Waals surface area contributed by atoms with Gasteiger partial charge in [-0.3, -0.25) is 4.79 Å². The lowest BCUT2D eigenvalue weighted by Gasteiger charge is -2.11. The number of nitrogens with zero attached hydrogens (tertiary/aromatic N) is 2. The summed E-state index contributed by atoms with van der Waals surface area (Å²) in [4.78, 5) is 11.9. The van der Waals surface area contributed by atoms with E-state index in [1.54, 1.807) is 10.9 Å². The quantitative estimate of drug-likeness (QED) is 0.721. The van der Waals surface area contributed by atoms with E-state index in [4.69, 9.17) is 4.74 Å². The van der Waals surface area contributed by atoms with Gasteiger partial charge in [-0.25, -0.2) is 4.68 Å². The molecule has 23 heavy (non-hydrogen) atoms. The number of rotatable bonds is 9. The summed E-state index contributed by atoms with van der Waals surface area (Å²) in [5, 5.41) is 7.09. The van der Waals surface area contributed by atoms with Gasteiger partial charge in [0, 0.05) is 25.1 Å². The van der Waals surface area contributed by atoms with E-state index in [1.807, 2.05) is 38.1 Å². The van der Waals surface area contributed by atoms with Gasteiger partial charge in [-0.1, -0.05) is 30.3 Å². The monoisotopic (exact) mass is 315 g/mol. The van der Waals surface area contributed by atoms with Crippen LogP contribution in [-0.4, -0.2) is 28.9 Å². The van der Waals surface area contributed by atoms with E-state index in [1.165, 1.54) is 5.56 Å². The molecule has 1 amide bonds. The van der Waals surface area contributed by atoms with Gasteiger partial charge in [0.2, 0.25) is 5.91 Å². The van der Waals surface area contributed by atoms with Crippen molar-refractivity contribution in [2.24, 2.45) is 0 Å². The Labute approximate surface area is 137 Å². The third kappa shape index (κ3) is 5.87. The molecule has 124 valence electrons. The maximum atomic E-state index is 11.9. The van der Waals surface area contributed by atoms with Crippen molar-refractivity contribution in [2.45, 2.75) is 39.2 Å². The van der Waals surface area contributed by atoms with Gasteiger partial charge in [0.05, 0.1) is 12.8 Å². The first-order valence-corrected chi connectivity index (χ1v) is 8.12. The van der Waals surface area contributed by atoms with Crippen LogP contribution in [0.15, 0.2) is 42.6 Å². The van der Waals surface area contributed by atoms with Crippen molar-refractivity contribution in [1.29, 1.82) is 0 Å². The molecule has 0 aliphatic rings. The summed E-state index contributed by atoms with van der Waals surface area (Å²) in [6.07, 6.45) is 3.77. The smallest absolute Gasteiger partial charge is 0.225 e. The molecule has 5 heteroatoms. The second kappa shape index (κ2) is 9.10. The molecule has 0 unspecified atom stereocenters. The first kappa shape index (κ1) is 17.2. The fourth-order valence-electron chi connectivity index (χ4n) is 2.30. The highest BCUT2D eigenvalue weighted by atomic mass is 16.5. The molecule has 0 saturated carbocycles. The molecule has 0 saturated heterocycles. The fourth-order valence-corrected chi connectivity index (χ4v) is 2.30. The number of carbonyl (C=O) groups is 1. The predicted molar refractivity (Wildman–Crippen MR) is 91.4 cm³/mol. The Hall–Kier alpha value is -2.14. The molecule has 1 aromatic heterocycles. The summed E-state index contributed by atoms with van der Waals surface area (Å²) < 4.78 is 7.39. The summed E-state index contributed by atoms with van der Waals surface area (Å²) in [7, 11) is 0. The Bertz CT molecular complexity index is 593. The number of amides is 1. The zero-order valence-electron chi connectivity index (χ0n) is 13.9. The standard InChI is InChI=1S/C18H25N3O2/c1-15(2)21-17(10-12-19-21)20-18(22)9-6-13-23-14-11-16-7-4-3-5-8-16/h3-5,7-8,10,12,15H,6,9,11,13-14H2,1-2H3,(H,20,22). The van der Waals surface area contributed by atoms with E-state index in [-0.39, 0.29) is 11.9 Å². The minimum Gasteiger partial charge on any atom is -0.381 e. The average Bonchev–Trinajstić information content (AvgIpc) is 3.00. The predicted octanol–water partition coefficient (Wildman–Crippen LogP) is 3.44. The maximum absolute atomic E-state index is 11.9. The van der Waals surface area contributed by atoms with Gasteiger partial charge in [-0.2, -0.15) is 5.10 Å². The molecule has 0 spiro atoms. The number of hydrogen-bond donors (Lipinski definition) is 1. The summed E-state index contributed by atoms with van der Waals surface area (Å²) >= 11 is 0. The highest BCUT2D eigenvalue weighted by molar-refractivity contribution is 5.89. The van der Waals surface area contributed by atoms with E-state index in [2.05, 4.69) is 22.5 Å². The summed E-state index contributed by atoms with van der Waals surface area (Å²) in [5.41, 5.74) is 1.27. The van der Waals surface area contributed by atoms with Crippen molar-refractivity contribution < 1.29 is 9.53 Å². The third-order valence-corrected chi connectivity index (χ3v) is 3.50. The van der Waals surface area contributed by atoms with Gasteiger partial charge < -0.3 is 10.1 Å². The number of nitrogens with one attached hydrogen (secondary N) is 1. The van der Waals surface area contributed by atoms with Crippen LogP contribution in [0, 0.1) is 0 Å². The normalized spacial score (nSPS) is 10.9. The number of anilines is 1. The van der Waals surface area contributed by atoms with E-state index in [0.29, 0.717) is 19.6 Å². The largest absolute Gasteiger partial charge is 0.381 e. The van der Waals surface area contributed by atoms with E-state index in [9.17, 15) is 4.79 Å². The van der Waals surface area contributed by atoms with Crippen molar-refractivity contribution in [3.05, 3.63) is 48.2 Å². The second-order valence-corrected chi connectivity index (χ2v) is 5.75.